The van der Waals surface area contributed by atoms with Crippen molar-refractivity contribution in [3.05, 3.63) is 23.4 Å². The zero-order chi connectivity index (χ0) is 13.0. The molecule has 0 radical (unpaired) electrons. The number of thioether (sulfide) groups is 1. The van der Waals surface area contributed by atoms with Gasteiger partial charge < -0.3 is 11.1 Å². The van der Waals surface area contributed by atoms with Gasteiger partial charge in [-0.15, -0.1) is 11.8 Å². The van der Waals surface area contributed by atoms with Crippen molar-refractivity contribution in [1.82, 2.24) is 10.3 Å². The predicted octanol–water partition coefficient (Wildman–Crippen LogP) is 1.82. The molecule has 6 heteroatoms. The lowest BCUT2D eigenvalue weighted by molar-refractivity contribution is -0.120. The Morgan fingerprint density at radius 1 is 1.61 bits per heavy atom. The average molecular weight is 286 g/mol. The molecule has 1 aliphatic rings. The lowest BCUT2D eigenvalue weighted by atomic mass is 10.2. The van der Waals surface area contributed by atoms with E-state index in [2.05, 4.69) is 10.3 Å². The number of carbonyl (C=O) groups is 1. The van der Waals surface area contributed by atoms with Crippen molar-refractivity contribution in [1.29, 1.82) is 0 Å². The van der Waals surface area contributed by atoms with Crippen molar-refractivity contribution in [2.75, 3.05) is 5.75 Å². The summed E-state index contributed by atoms with van der Waals surface area (Å²) in [6.45, 7) is 0. The van der Waals surface area contributed by atoms with E-state index in [-0.39, 0.29) is 11.9 Å². The Hall–Kier alpha value is -0.780. The van der Waals surface area contributed by atoms with Gasteiger partial charge in [0.05, 0.1) is 16.1 Å². The smallest absolute Gasteiger partial charge is 0.234 e. The molecule has 0 bridgehead atoms. The first kappa shape index (κ1) is 13.6. The van der Waals surface area contributed by atoms with Crippen LogP contribution in [0.1, 0.15) is 19.3 Å². The molecule has 1 unspecified atom stereocenters. The molecule has 1 aromatic heterocycles. The number of hydrogen-bond donors (Lipinski definition) is 2. The average Bonchev–Trinajstić information content (AvgIpc) is 3.14. The van der Waals surface area contributed by atoms with Crippen molar-refractivity contribution in [3.63, 3.8) is 0 Å². The summed E-state index contributed by atoms with van der Waals surface area (Å²) in [7, 11) is 0. The number of aromatic nitrogens is 1. The second kappa shape index (κ2) is 6.41. The zero-order valence-electron chi connectivity index (χ0n) is 9.93. The molecule has 0 saturated heterocycles. The summed E-state index contributed by atoms with van der Waals surface area (Å²) in [5.41, 5.74) is 5.37. The molecule has 1 fully saturated rings. The van der Waals surface area contributed by atoms with E-state index in [1.807, 2.05) is 12.1 Å². The fourth-order valence-corrected chi connectivity index (χ4v) is 2.54. The molecule has 1 saturated carbocycles. The minimum Gasteiger partial charge on any atom is -0.368 e. The van der Waals surface area contributed by atoms with Crippen LogP contribution < -0.4 is 11.1 Å². The topological polar surface area (TPSA) is 68.0 Å². The van der Waals surface area contributed by atoms with Crippen LogP contribution in [-0.2, 0) is 4.79 Å². The Bertz CT molecular complexity index is 408. The molecule has 4 nitrogen and oxygen atoms in total. The van der Waals surface area contributed by atoms with Crippen LogP contribution >= 0.6 is 23.4 Å². The van der Waals surface area contributed by atoms with Gasteiger partial charge in [0.15, 0.2) is 0 Å². The highest BCUT2D eigenvalue weighted by atomic mass is 35.5. The zero-order valence-corrected chi connectivity index (χ0v) is 11.5. The van der Waals surface area contributed by atoms with E-state index < -0.39 is 0 Å². The summed E-state index contributed by atoms with van der Waals surface area (Å²) in [4.78, 5) is 15.5. The maximum atomic E-state index is 11.3. The maximum Gasteiger partial charge on any atom is 0.234 e. The minimum atomic E-state index is -0.272. The molecule has 98 valence electrons. The van der Waals surface area contributed by atoms with Crippen LogP contribution in [0.5, 0.6) is 0 Å². The summed E-state index contributed by atoms with van der Waals surface area (Å²) >= 11 is 7.36. The van der Waals surface area contributed by atoms with Crippen LogP contribution in [-0.4, -0.2) is 28.7 Å². The van der Waals surface area contributed by atoms with Crippen molar-refractivity contribution >= 4 is 29.3 Å². The molecule has 1 aliphatic carbocycles. The van der Waals surface area contributed by atoms with Gasteiger partial charge in [0, 0.05) is 18.0 Å². The van der Waals surface area contributed by atoms with Gasteiger partial charge in [-0.1, -0.05) is 11.6 Å². The highest BCUT2D eigenvalue weighted by molar-refractivity contribution is 7.99. The Labute approximate surface area is 116 Å². The van der Waals surface area contributed by atoms with Gasteiger partial charge in [0.25, 0.3) is 0 Å². The number of amides is 1. The van der Waals surface area contributed by atoms with Crippen molar-refractivity contribution in [3.8, 4) is 0 Å². The molecular formula is C12H16ClN3OS. The quantitative estimate of drug-likeness (QED) is 0.750. The molecule has 18 heavy (non-hydrogen) atoms. The molecule has 1 heterocycles. The third-order valence-corrected chi connectivity index (χ3v) is 3.92. The molecule has 0 aliphatic heterocycles. The van der Waals surface area contributed by atoms with E-state index in [4.69, 9.17) is 17.3 Å². The summed E-state index contributed by atoms with van der Waals surface area (Å²) in [5, 5.41) is 4.80. The summed E-state index contributed by atoms with van der Waals surface area (Å²) in [6, 6.07) is 3.95. The summed E-state index contributed by atoms with van der Waals surface area (Å²) < 4.78 is 0. The highest BCUT2D eigenvalue weighted by Gasteiger charge is 2.26. The van der Waals surface area contributed by atoms with E-state index in [9.17, 15) is 4.79 Å². The Morgan fingerprint density at radius 2 is 2.39 bits per heavy atom. The molecular weight excluding hydrogens is 270 g/mol. The van der Waals surface area contributed by atoms with Crippen LogP contribution in [0.25, 0.3) is 0 Å². The van der Waals surface area contributed by atoms with Crippen LogP contribution in [0.4, 0.5) is 0 Å². The first-order valence-electron chi connectivity index (χ1n) is 5.95. The lowest BCUT2D eigenvalue weighted by Crippen LogP contribution is -2.42. The van der Waals surface area contributed by atoms with Gasteiger partial charge in [0.2, 0.25) is 5.91 Å². The Kier molecular flexibility index (Phi) is 4.86. The SMILES string of the molecule is NC(=O)C(CCSc1ccc(Cl)cn1)NC1CC1. The highest BCUT2D eigenvalue weighted by Crippen LogP contribution is 2.22. The largest absolute Gasteiger partial charge is 0.368 e. The standard InChI is InChI=1S/C12H16ClN3OS/c13-8-1-4-11(15-7-8)18-6-5-10(12(14)17)16-9-2-3-9/h1,4,7,9-10,16H,2-3,5-6H2,(H2,14,17). The molecule has 3 N–H and O–H groups in total. The number of nitrogens with one attached hydrogen (secondary N) is 1. The number of hydrogen-bond acceptors (Lipinski definition) is 4. The molecule has 2 rings (SSSR count). The Balaban J connectivity index is 1.75. The van der Waals surface area contributed by atoms with Gasteiger partial charge in [-0.2, -0.15) is 0 Å². The number of nitrogens with zero attached hydrogens (tertiary/aromatic N) is 1. The van der Waals surface area contributed by atoms with Gasteiger partial charge in [0.1, 0.15) is 0 Å². The fourth-order valence-electron chi connectivity index (χ4n) is 1.57. The number of rotatable bonds is 7. The normalized spacial score (nSPS) is 16.5. The monoisotopic (exact) mass is 285 g/mol. The summed E-state index contributed by atoms with van der Waals surface area (Å²) in [6.07, 6.45) is 4.64. The van der Waals surface area contributed by atoms with Crippen LogP contribution in [0.2, 0.25) is 5.02 Å². The van der Waals surface area contributed by atoms with Crippen LogP contribution in [0.3, 0.4) is 0 Å². The molecule has 1 atom stereocenters. The van der Waals surface area contributed by atoms with Crippen molar-refractivity contribution in [2.24, 2.45) is 5.73 Å². The second-order valence-electron chi connectivity index (χ2n) is 4.35. The molecule has 1 amide bonds. The minimum absolute atomic E-state index is 0.225. The molecule has 1 aromatic rings. The Morgan fingerprint density at radius 3 is 2.94 bits per heavy atom. The van der Waals surface area contributed by atoms with E-state index in [1.165, 1.54) is 0 Å². The number of pyridine rings is 1. The predicted molar refractivity (Wildman–Crippen MR) is 73.7 cm³/mol. The first-order valence-corrected chi connectivity index (χ1v) is 7.31. The van der Waals surface area contributed by atoms with Gasteiger partial charge >= 0.3 is 0 Å². The first-order chi connectivity index (χ1) is 8.65. The van der Waals surface area contributed by atoms with E-state index in [0.29, 0.717) is 11.1 Å². The second-order valence-corrected chi connectivity index (χ2v) is 5.90. The third kappa shape index (κ3) is 4.48. The van der Waals surface area contributed by atoms with Crippen molar-refractivity contribution in [2.45, 2.75) is 36.4 Å². The number of carbonyl (C=O) groups excluding carboxylic acids is 1. The number of halogens is 1. The third-order valence-electron chi connectivity index (χ3n) is 2.71. The summed E-state index contributed by atoms with van der Waals surface area (Å²) in [5.74, 6) is 0.536. The lowest BCUT2D eigenvalue weighted by Gasteiger charge is -2.14. The molecule has 0 spiro atoms. The number of primary amides is 1. The van der Waals surface area contributed by atoms with E-state index in [0.717, 1.165) is 30.0 Å². The van der Waals surface area contributed by atoms with Gasteiger partial charge in [-0.05, 0) is 31.4 Å². The van der Waals surface area contributed by atoms with E-state index >= 15 is 0 Å². The van der Waals surface area contributed by atoms with Crippen LogP contribution in [0.15, 0.2) is 23.4 Å². The van der Waals surface area contributed by atoms with Crippen molar-refractivity contribution < 1.29 is 4.79 Å². The van der Waals surface area contributed by atoms with Gasteiger partial charge in [-0.25, -0.2) is 4.98 Å². The molecule has 0 aromatic carbocycles. The van der Waals surface area contributed by atoms with Crippen LogP contribution in [0, 0.1) is 0 Å². The van der Waals surface area contributed by atoms with E-state index in [1.54, 1.807) is 18.0 Å². The van der Waals surface area contributed by atoms with Gasteiger partial charge in [-0.3, -0.25) is 4.79 Å². The maximum absolute atomic E-state index is 11.3. The number of nitrogens with two attached hydrogens (primary N) is 1. The fraction of sp³-hybridized carbons (Fsp3) is 0.500.